The predicted octanol–water partition coefficient (Wildman–Crippen LogP) is 3.48. The maximum atomic E-state index is 14.3. The van der Waals surface area contributed by atoms with Crippen molar-refractivity contribution in [2.75, 3.05) is 7.11 Å². The van der Waals surface area contributed by atoms with Crippen LogP contribution in [0.15, 0.2) is 58.1 Å². The van der Waals surface area contributed by atoms with Gasteiger partial charge < -0.3 is 9.84 Å². The first-order chi connectivity index (χ1) is 15.3. The molecule has 2 heterocycles. The van der Waals surface area contributed by atoms with Crippen molar-refractivity contribution in [3.8, 4) is 16.2 Å². The molecule has 0 radical (unpaired) electrons. The van der Waals surface area contributed by atoms with E-state index in [-0.39, 0.29) is 17.5 Å². The Bertz CT molecular complexity index is 1450. The van der Waals surface area contributed by atoms with Crippen molar-refractivity contribution in [2.24, 2.45) is 0 Å². The van der Waals surface area contributed by atoms with E-state index in [1.165, 1.54) is 22.0 Å². The number of aliphatic carboxylic acids is 1. The second-order valence-corrected chi connectivity index (χ2v) is 8.21. The Balaban J connectivity index is 2.01. The average molecular weight is 454 g/mol. The molecular formula is C23H19FN2O5S. The number of benzene rings is 2. The average Bonchev–Trinajstić information content (AvgIpc) is 3.12. The van der Waals surface area contributed by atoms with E-state index in [9.17, 15) is 23.9 Å². The number of halogens is 1. The first-order valence-corrected chi connectivity index (χ1v) is 10.5. The van der Waals surface area contributed by atoms with Crippen LogP contribution < -0.4 is 16.0 Å². The number of rotatable bonds is 6. The van der Waals surface area contributed by atoms with Crippen molar-refractivity contribution in [3.63, 3.8) is 0 Å². The van der Waals surface area contributed by atoms with Crippen LogP contribution in [0.2, 0.25) is 0 Å². The van der Waals surface area contributed by atoms with E-state index >= 15 is 0 Å². The van der Waals surface area contributed by atoms with Crippen molar-refractivity contribution in [1.82, 2.24) is 9.13 Å². The highest BCUT2D eigenvalue weighted by atomic mass is 32.1. The number of thiophene rings is 1. The third kappa shape index (κ3) is 3.71. The molecule has 2 aromatic carbocycles. The SMILES string of the molecule is COc1ccc(-c2sc3c(c2C)c(=O)n(CC(=O)O)c(=O)n3Cc2ccccc2F)cc1. The Morgan fingerprint density at radius 3 is 2.41 bits per heavy atom. The quantitative estimate of drug-likeness (QED) is 0.482. The number of aromatic nitrogens is 2. The Morgan fingerprint density at radius 2 is 1.78 bits per heavy atom. The first-order valence-electron chi connectivity index (χ1n) is 9.68. The highest BCUT2D eigenvalue weighted by molar-refractivity contribution is 7.22. The molecule has 4 aromatic rings. The van der Waals surface area contributed by atoms with Gasteiger partial charge in [0.2, 0.25) is 0 Å². The summed E-state index contributed by atoms with van der Waals surface area (Å²) in [7, 11) is 1.56. The summed E-state index contributed by atoms with van der Waals surface area (Å²) < 4.78 is 21.5. The number of hydrogen-bond acceptors (Lipinski definition) is 5. The Kier molecular flexibility index (Phi) is 5.67. The summed E-state index contributed by atoms with van der Waals surface area (Å²) >= 11 is 1.24. The number of carboxylic acid groups (broad SMARTS) is 1. The van der Waals surface area contributed by atoms with E-state index in [0.29, 0.717) is 20.7 Å². The summed E-state index contributed by atoms with van der Waals surface area (Å²) in [5, 5.41) is 9.49. The van der Waals surface area contributed by atoms with Crippen molar-refractivity contribution in [2.45, 2.75) is 20.0 Å². The van der Waals surface area contributed by atoms with Gasteiger partial charge in [-0.25, -0.2) is 13.8 Å². The number of carbonyl (C=O) groups is 1. The molecule has 0 fully saturated rings. The molecule has 0 bridgehead atoms. The molecule has 0 atom stereocenters. The van der Waals surface area contributed by atoms with Crippen LogP contribution in [-0.2, 0) is 17.9 Å². The van der Waals surface area contributed by atoms with E-state index in [1.54, 1.807) is 44.4 Å². The maximum absolute atomic E-state index is 14.3. The van der Waals surface area contributed by atoms with Crippen LogP contribution in [0, 0.1) is 12.7 Å². The first kappa shape index (κ1) is 21.5. The molecule has 164 valence electrons. The largest absolute Gasteiger partial charge is 0.497 e. The molecule has 9 heteroatoms. The zero-order valence-corrected chi connectivity index (χ0v) is 18.1. The van der Waals surface area contributed by atoms with Gasteiger partial charge in [0.1, 0.15) is 22.9 Å². The number of carboxylic acids is 1. The number of fused-ring (bicyclic) bond motifs is 1. The topological polar surface area (TPSA) is 90.5 Å². The molecule has 4 rings (SSSR count). The molecule has 7 nitrogen and oxygen atoms in total. The second-order valence-electron chi connectivity index (χ2n) is 7.21. The zero-order chi connectivity index (χ0) is 23.0. The second kappa shape index (κ2) is 8.43. The van der Waals surface area contributed by atoms with Gasteiger partial charge in [0, 0.05) is 10.4 Å². The summed E-state index contributed by atoms with van der Waals surface area (Å²) in [4.78, 5) is 38.7. The molecule has 2 aromatic heterocycles. The highest BCUT2D eigenvalue weighted by Gasteiger charge is 2.22. The van der Waals surface area contributed by atoms with Crippen LogP contribution in [0.25, 0.3) is 20.7 Å². The summed E-state index contributed by atoms with van der Waals surface area (Å²) in [5.74, 6) is -1.13. The summed E-state index contributed by atoms with van der Waals surface area (Å²) in [6.07, 6.45) is 0. The molecule has 0 spiro atoms. The van der Waals surface area contributed by atoms with E-state index in [1.807, 2.05) is 12.1 Å². The third-order valence-corrected chi connectivity index (χ3v) is 6.59. The predicted molar refractivity (Wildman–Crippen MR) is 120 cm³/mol. The lowest BCUT2D eigenvalue weighted by atomic mass is 10.1. The fourth-order valence-electron chi connectivity index (χ4n) is 3.62. The molecular weight excluding hydrogens is 435 g/mol. The number of aryl methyl sites for hydroxylation is 1. The van der Waals surface area contributed by atoms with Crippen LogP contribution in [-0.4, -0.2) is 27.3 Å². The summed E-state index contributed by atoms with van der Waals surface area (Å²) in [6, 6.07) is 13.3. The van der Waals surface area contributed by atoms with Crippen LogP contribution >= 0.6 is 11.3 Å². The van der Waals surface area contributed by atoms with Crippen LogP contribution in [0.4, 0.5) is 4.39 Å². The van der Waals surface area contributed by atoms with Gasteiger partial charge in [-0.2, -0.15) is 0 Å². The maximum Gasteiger partial charge on any atom is 0.332 e. The smallest absolute Gasteiger partial charge is 0.332 e. The molecule has 32 heavy (non-hydrogen) atoms. The number of hydrogen-bond donors (Lipinski definition) is 1. The van der Waals surface area contributed by atoms with Gasteiger partial charge in [0.25, 0.3) is 5.56 Å². The van der Waals surface area contributed by atoms with Gasteiger partial charge in [0.15, 0.2) is 0 Å². The summed E-state index contributed by atoms with van der Waals surface area (Å²) in [6.45, 7) is 0.838. The minimum atomic E-state index is -1.32. The van der Waals surface area contributed by atoms with E-state index in [2.05, 4.69) is 0 Å². The van der Waals surface area contributed by atoms with Gasteiger partial charge in [-0.1, -0.05) is 18.2 Å². The lowest BCUT2D eigenvalue weighted by Gasteiger charge is -2.11. The third-order valence-electron chi connectivity index (χ3n) is 5.23. The van der Waals surface area contributed by atoms with Gasteiger partial charge in [-0.15, -0.1) is 11.3 Å². The lowest BCUT2D eigenvalue weighted by molar-refractivity contribution is -0.137. The van der Waals surface area contributed by atoms with E-state index in [0.717, 1.165) is 10.4 Å². The Hall–Kier alpha value is -3.72. The van der Waals surface area contributed by atoms with Crippen molar-refractivity contribution >= 4 is 27.5 Å². The van der Waals surface area contributed by atoms with Gasteiger partial charge in [0.05, 0.1) is 19.0 Å². The van der Waals surface area contributed by atoms with Gasteiger partial charge in [-0.05, 0) is 48.4 Å². The number of methoxy groups -OCH3 is 1. The minimum Gasteiger partial charge on any atom is -0.497 e. The Labute approximate surface area is 185 Å². The van der Waals surface area contributed by atoms with Crippen molar-refractivity contribution in [3.05, 3.63) is 86.3 Å². The standard InChI is InChI=1S/C23H19FN2O5S/c1-13-19-21(29)25(12-18(27)28)23(30)26(11-15-5-3-4-6-17(15)24)22(19)32-20(13)14-7-9-16(31-2)10-8-14/h3-10H,11-12H2,1-2H3,(H,27,28). The molecule has 0 aliphatic rings. The Morgan fingerprint density at radius 1 is 1.09 bits per heavy atom. The molecule has 0 aliphatic carbocycles. The van der Waals surface area contributed by atoms with E-state index < -0.39 is 29.6 Å². The normalized spacial score (nSPS) is 11.1. The lowest BCUT2D eigenvalue weighted by Crippen LogP contribution is -2.41. The van der Waals surface area contributed by atoms with Crippen LogP contribution in [0.5, 0.6) is 5.75 Å². The number of ether oxygens (including phenoxy) is 1. The highest BCUT2D eigenvalue weighted by Crippen LogP contribution is 2.37. The minimum absolute atomic E-state index is 0.135. The fraction of sp³-hybridized carbons (Fsp3) is 0.174. The van der Waals surface area contributed by atoms with Crippen molar-refractivity contribution < 1.29 is 19.0 Å². The van der Waals surface area contributed by atoms with Crippen LogP contribution in [0.1, 0.15) is 11.1 Å². The molecule has 0 unspecified atom stereocenters. The zero-order valence-electron chi connectivity index (χ0n) is 17.3. The van der Waals surface area contributed by atoms with E-state index in [4.69, 9.17) is 4.74 Å². The monoisotopic (exact) mass is 454 g/mol. The number of nitrogens with zero attached hydrogens (tertiary/aromatic N) is 2. The van der Waals surface area contributed by atoms with Gasteiger partial charge >= 0.3 is 11.7 Å². The molecule has 0 amide bonds. The van der Waals surface area contributed by atoms with Gasteiger partial charge in [-0.3, -0.25) is 14.2 Å². The molecule has 1 N–H and O–H groups in total. The molecule has 0 aliphatic heterocycles. The van der Waals surface area contributed by atoms with Crippen molar-refractivity contribution in [1.29, 1.82) is 0 Å². The molecule has 0 saturated carbocycles. The fourth-order valence-corrected chi connectivity index (χ4v) is 4.92. The van der Waals surface area contributed by atoms with Crippen LogP contribution in [0.3, 0.4) is 0 Å². The molecule has 0 saturated heterocycles. The summed E-state index contributed by atoms with van der Waals surface area (Å²) in [5.41, 5.74) is 0.231.